The van der Waals surface area contributed by atoms with E-state index in [1.807, 2.05) is 0 Å². The Morgan fingerprint density at radius 2 is 2.14 bits per heavy atom. The van der Waals surface area contributed by atoms with E-state index in [2.05, 4.69) is 21.2 Å². The summed E-state index contributed by atoms with van der Waals surface area (Å²) in [4.78, 5) is 0. The minimum atomic E-state index is -2.93. The third-order valence-corrected chi connectivity index (χ3v) is 6.39. The van der Waals surface area contributed by atoms with Gasteiger partial charge in [-0.15, -0.1) is 0 Å². The van der Waals surface area contributed by atoms with Crippen molar-refractivity contribution in [2.24, 2.45) is 5.92 Å². The van der Waals surface area contributed by atoms with Crippen LogP contribution in [0.4, 0.5) is 8.78 Å². The van der Waals surface area contributed by atoms with Gasteiger partial charge in [0.25, 0.3) is 0 Å². The third-order valence-electron chi connectivity index (χ3n) is 3.94. The van der Waals surface area contributed by atoms with Gasteiger partial charge < -0.3 is 5.32 Å². The van der Waals surface area contributed by atoms with Crippen LogP contribution in [0.2, 0.25) is 0 Å². The van der Waals surface area contributed by atoms with Crippen LogP contribution in [0, 0.1) is 17.6 Å². The smallest absolute Gasteiger partial charge is 0.150 e. The number of benzene rings is 1. The highest BCUT2D eigenvalue weighted by Gasteiger charge is 2.30. The Kier molecular flexibility index (Phi) is 5.38. The van der Waals surface area contributed by atoms with Crippen LogP contribution in [0.1, 0.15) is 18.4 Å². The van der Waals surface area contributed by atoms with E-state index in [-0.39, 0.29) is 39.9 Å². The highest BCUT2D eigenvalue weighted by atomic mass is 79.9. The molecule has 1 saturated heterocycles. The first kappa shape index (κ1) is 16.8. The summed E-state index contributed by atoms with van der Waals surface area (Å²) in [5, 5.41) is 3.04. The second-order valence-corrected chi connectivity index (χ2v) is 8.60. The van der Waals surface area contributed by atoms with Gasteiger partial charge in [0.1, 0.15) is 11.6 Å². The Balaban J connectivity index is 2.08. The summed E-state index contributed by atoms with van der Waals surface area (Å²) >= 11 is 3.05. The quantitative estimate of drug-likeness (QED) is 0.797. The normalized spacial score (nSPS) is 22.4. The Hall–Kier alpha value is -0.530. The maximum absolute atomic E-state index is 14.0. The van der Waals surface area contributed by atoms with Crippen LogP contribution in [0.15, 0.2) is 16.6 Å². The van der Waals surface area contributed by atoms with Gasteiger partial charge in [0, 0.05) is 11.6 Å². The van der Waals surface area contributed by atoms with Crippen molar-refractivity contribution in [3.8, 4) is 0 Å². The Morgan fingerprint density at radius 1 is 1.43 bits per heavy atom. The van der Waals surface area contributed by atoms with Gasteiger partial charge in [-0.25, -0.2) is 17.2 Å². The summed E-state index contributed by atoms with van der Waals surface area (Å²) in [7, 11) is -1.20. The zero-order chi connectivity index (χ0) is 15.6. The van der Waals surface area contributed by atoms with Crippen molar-refractivity contribution in [3.63, 3.8) is 0 Å². The number of hydrogen-bond donors (Lipinski definition) is 1. The van der Waals surface area contributed by atoms with Gasteiger partial charge in [0.05, 0.1) is 16.0 Å². The van der Waals surface area contributed by atoms with E-state index in [0.717, 1.165) is 0 Å². The second kappa shape index (κ2) is 6.71. The fraction of sp³-hybridized carbons (Fsp3) is 0.571. The minimum Gasteiger partial charge on any atom is -0.317 e. The summed E-state index contributed by atoms with van der Waals surface area (Å²) in [6.45, 7) is 0. The van der Waals surface area contributed by atoms with Crippen LogP contribution in [0.5, 0.6) is 0 Å². The maximum Gasteiger partial charge on any atom is 0.150 e. The summed E-state index contributed by atoms with van der Waals surface area (Å²) in [6.07, 6.45) is 1.43. The van der Waals surface area contributed by atoms with Crippen molar-refractivity contribution < 1.29 is 17.2 Å². The molecular weight excluding hydrogens is 364 g/mol. The standard InChI is InChI=1S/C14H18BrF2NO2S/c1-18-10(6-9-4-5-21(19,20)8-9)7-11-13(16)3-2-12(15)14(11)17/h2-3,9-10,18H,4-8H2,1H3. The first-order chi connectivity index (χ1) is 9.82. The summed E-state index contributed by atoms with van der Waals surface area (Å²) in [6, 6.07) is 2.42. The molecule has 3 nitrogen and oxygen atoms in total. The van der Waals surface area contributed by atoms with Gasteiger partial charge in [0.15, 0.2) is 9.84 Å². The molecule has 1 aromatic carbocycles. The molecule has 1 aromatic rings. The van der Waals surface area contributed by atoms with Gasteiger partial charge in [-0.3, -0.25) is 0 Å². The molecule has 2 unspecified atom stereocenters. The predicted octanol–water partition coefficient (Wildman–Crippen LogP) is 2.68. The Labute approximate surface area is 132 Å². The highest BCUT2D eigenvalue weighted by Crippen LogP contribution is 2.27. The molecule has 0 saturated carbocycles. The lowest BCUT2D eigenvalue weighted by atomic mass is 9.94. The third kappa shape index (κ3) is 4.23. The van der Waals surface area contributed by atoms with Crippen molar-refractivity contribution in [1.82, 2.24) is 5.32 Å². The number of nitrogens with one attached hydrogen (secondary N) is 1. The second-order valence-electron chi connectivity index (χ2n) is 5.52. The van der Waals surface area contributed by atoms with Crippen LogP contribution in [0.25, 0.3) is 0 Å². The summed E-state index contributed by atoms with van der Waals surface area (Å²) < 4.78 is 50.9. The maximum atomic E-state index is 14.0. The lowest BCUT2D eigenvalue weighted by Crippen LogP contribution is -2.31. The number of hydrogen-bond acceptors (Lipinski definition) is 3. The summed E-state index contributed by atoms with van der Waals surface area (Å²) in [5.74, 6) is -0.711. The fourth-order valence-corrected chi connectivity index (χ4v) is 5.02. The highest BCUT2D eigenvalue weighted by molar-refractivity contribution is 9.10. The van der Waals surface area contributed by atoms with Gasteiger partial charge >= 0.3 is 0 Å². The molecule has 21 heavy (non-hydrogen) atoms. The first-order valence-corrected chi connectivity index (χ1v) is 9.44. The molecular formula is C14H18BrF2NO2S. The molecule has 1 N–H and O–H groups in total. The van der Waals surface area contributed by atoms with Crippen molar-refractivity contribution in [2.45, 2.75) is 25.3 Å². The van der Waals surface area contributed by atoms with Crippen LogP contribution < -0.4 is 5.32 Å². The zero-order valence-corrected chi connectivity index (χ0v) is 14.1. The van der Waals surface area contributed by atoms with Gasteiger partial charge in [0.2, 0.25) is 0 Å². The molecule has 0 aromatic heterocycles. The lowest BCUT2D eigenvalue weighted by Gasteiger charge is -2.20. The Bertz CT molecular complexity index is 622. The number of sulfone groups is 1. The monoisotopic (exact) mass is 381 g/mol. The van der Waals surface area contributed by atoms with Gasteiger partial charge in [-0.1, -0.05) is 0 Å². The van der Waals surface area contributed by atoms with E-state index in [0.29, 0.717) is 12.8 Å². The number of halogens is 3. The molecule has 2 atom stereocenters. The van der Waals surface area contributed by atoms with Crippen molar-refractivity contribution in [3.05, 3.63) is 33.8 Å². The average Bonchev–Trinajstić information content (AvgIpc) is 2.77. The van der Waals surface area contributed by atoms with Gasteiger partial charge in [-0.2, -0.15) is 0 Å². The molecule has 1 aliphatic rings. The molecule has 1 aliphatic heterocycles. The fourth-order valence-electron chi connectivity index (χ4n) is 2.77. The van der Waals surface area contributed by atoms with Crippen LogP contribution in [0.3, 0.4) is 0 Å². The molecule has 118 valence electrons. The van der Waals surface area contributed by atoms with Crippen LogP contribution in [-0.4, -0.2) is 33.0 Å². The zero-order valence-electron chi connectivity index (χ0n) is 11.7. The van der Waals surface area contributed by atoms with E-state index < -0.39 is 21.5 Å². The van der Waals surface area contributed by atoms with Crippen molar-refractivity contribution in [2.75, 3.05) is 18.6 Å². The Morgan fingerprint density at radius 3 is 2.71 bits per heavy atom. The van der Waals surface area contributed by atoms with E-state index in [9.17, 15) is 17.2 Å². The van der Waals surface area contributed by atoms with Crippen LogP contribution >= 0.6 is 15.9 Å². The molecule has 0 aliphatic carbocycles. The molecule has 0 amide bonds. The summed E-state index contributed by atoms with van der Waals surface area (Å²) in [5.41, 5.74) is 0.0320. The first-order valence-electron chi connectivity index (χ1n) is 6.82. The minimum absolute atomic E-state index is 0.0320. The average molecular weight is 382 g/mol. The SMILES string of the molecule is CNC(Cc1c(F)ccc(Br)c1F)CC1CCS(=O)(=O)C1. The largest absolute Gasteiger partial charge is 0.317 e. The van der Waals surface area contributed by atoms with E-state index in [4.69, 9.17) is 0 Å². The lowest BCUT2D eigenvalue weighted by molar-refractivity contribution is 0.412. The molecule has 1 fully saturated rings. The molecule has 1 heterocycles. The van der Waals surface area contributed by atoms with E-state index >= 15 is 0 Å². The van der Waals surface area contributed by atoms with Crippen LogP contribution in [-0.2, 0) is 16.3 Å². The topological polar surface area (TPSA) is 46.2 Å². The van der Waals surface area contributed by atoms with Crippen molar-refractivity contribution >= 4 is 25.8 Å². The van der Waals surface area contributed by atoms with Gasteiger partial charge in [-0.05, 0) is 60.3 Å². The molecule has 2 rings (SSSR count). The molecule has 0 bridgehead atoms. The van der Waals surface area contributed by atoms with E-state index in [1.165, 1.54) is 12.1 Å². The molecule has 0 spiro atoms. The molecule has 7 heteroatoms. The number of likely N-dealkylation sites (N-methyl/N-ethyl adjacent to an activating group) is 1. The van der Waals surface area contributed by atoms with Crippen molar-refractivity contribution in [1.29, 1.82) is 0 Å². The van der Waals surface area contributed by atoms with E-state index in [1.54, 1.807) is 7.05 Å². The predicted molar refractivity (Wildman–Crippen MR) is 82.0 cm³/mol. The number of rotatable bonds is 5. The molecule has 0 radical (unpaired) electrons.